The number of aliphatic hydroxyl groups excluding tert-OH is 1. The summed E-state index contributed by atoms with van der Waals surface area (Å²) in [5, 5.41) is 17.9. The fraction of sp³-hybridized carbons (Fsp3) is 0.381. The molecule has 0 unspecified atom stereocenters. The van der Waals surface area contributed by atoms with Crippen LogP contribution in [0.3, 0.4) is 0 Å². The number of carbonyl (C=O) groups is 2. The Kier molecular flexibility index (Phi) is 7.69. The first-order valence-corrected chi connectivity index (χ1v) is 9.83. The Balaban J connectivity index is 1.40. The lowest BCUT2D eigenvalue weighted by molar-refractivity contribution is -0.0892. The molecular weight excluding hydrogens is 391 g/mol. The maximum atomic E-state index is 12.9. The van der Waals surface area contributed by atoms with Gasteiger partial charge in [0, 0.05) is 24.6 Å². The van der Waals surface area contributed by atoms with E-state index in [2.05, 4.69) is 20.9 Å². The molecule has 3 rings (SSSR count). The molecule has 160 valence electrons. The van der Waals surface area contributed by atoms with E-state index in [4.69, 9.17) is 4.74 Å². The van der Waals surface area contributed by atoms with Gasteiger partial charge in [0.15, 0.2) is 0 Å². The number of halogens is 1. The Bertz CT molecular complexity index is 835. The quantitative estimate of drug-likeness (QED) is 0.552. The van der Waals surface area contributed by atoms with E-state index in [-0.39, 0.29) is 30.5 Å². The lowest BCUT2D eigenvalue weighted by Gasteiger charge is -2.36. The highest BCUT2D eigenvalue weighted by atomic mass is 19.1. The second-order valence-corrected chi connectivity index (χ2v) is 7.05. The molecule has 3 amide bonds. The van der Waals surface area contributed by atoms with Crippen molar-refractivity contribution in [1.82, 2.24) is 15.6 Å². The fourth-order valence-corrected chi connectivity index (χ4v) is 3.31. The van der Waals surface area contributed by atoms with Gasteiger partial charge in [-0.15, -0.1) is 0 Å². The molecule has 30 heavy (non-hydrogen) atoms. The molecule has 1 aliphatic heterocycles. The van der Waals surface area contributed by atoms with Gasteiger partial charge in [0.25, 0.3) is 5.91 Å². The van der Waals surface area contributed by atoms with E-state index in [1.54, 1.807) is 18.3 Å². The zero-order valence-corrected chi connectivity index (χ0v) is 16.4. The smallest absolute Gasteiger partial charge is 0.319 e. The lowest BCUT2D eigenvalue weighted by atomic mass is 9.97. The number of urea groups is 1. The number of amides is 3. The standard InChI is InChI=1S/C21H25FN4O4/c22-15-3-5-16(6-4-15)25-21(29)24-11-9-17-7-8-18(19(13-27)30-17)26-20(28)14-2-1-10-23-12-14/h1-6,10,12,17-19,27H,7-9,11,13H2,(H,26,28)(H2,24,25,29)/t17-,18-,19+/m0/s1. The van der Waals surface area contributed by atoms with Crippen LogP contribution in [0.4, 0.5) is 14.9 Å². The van der Waals surface area contributed by atoms with Crippen molar-refractivity contribution >= 4 is 17.6 Å². The van der Waals surface area contributed by atoms with E-state index < -0.39 is 12.1 Å². The number of ether oxygens (including phenoxy) is 1. The van der Waals surface area contributed by atoms with Crippen LogP contribution >= 0.6 is 0 Å². The van der Waals surface area contributed by atoms with E-state index in [0.717, 1.165) is 0 Å². The number of pyridine rings is 1. The largest absolute Gasteiger partial charge is 0.394 e. The highest BCUT2D eigenvalue weighted by Crippen LogP contribution is 2.22. The highest BCUT2D eigenvalue weighted by Gasteiger charge is 2.32. The first kappa shape index (κ1) is 21.7. The van der Waals surface area contributed by atoms with E-state index in [1.165, 1.54) is 30.5 Å². The van der Waals surface area contributed by atoms with Crippen molar-refractivity contribution < 1.29 is 23.8 Å². The predicted molar refractivity (Wildman–Crippen MR) is 109 cm³/mol. The molecule has 0 saturated carbocycles. The normalized spacial score (nSPS) is 20.9. The fourth-order valence-electron chi connectivity index (χ4n) is 3.31. The highest BCUT2D eigenvalue weighted by molar-refractivity contribution is 5.94. The Labute approximate surface area is 173 Å². The minimum absolute atomic E-state index is 0.139. The molecule has 4 N–H and O–H groups in total. The van der Waals surface area contributed by atoms with Crippen LogP contribution < -0.4 is 16.0 Å². The van der Waals surface area contributed by atoms with Crippen molar-refractivity contribution in [3.8, 4) is 0 Å². The van der Waals surface area contributed by atoms with Gasteiger partial charge < -0.3 is 25.8 Å². The summed E-state index contributed by atoms with van der Waals surface area (Å²) in [6, 6.07) is 8.16. The molecule has 1 aromatic carbocycles. The molecule has 8 nitrogen and oxygen atoms in total. The molecule has 1 fully saturated rings. The molecular formula is C21H25FN4O4. The summed E-state index contributed by atoms with van der Waals surface area (Å²) < 4.78 is 18.8. The van der Waals surface area contributed by atoms with Gasteiger partial charge in [-0.1, -0.05) is 0 Å². The van der Waals surface area contributed by atoms with Crippen molar-refractivity contribution in [3.05, 3.63) is 60.2 Å². The van der Waals surface area contributed by atoms with Crippen LogP contribution in [0.2, 0.25) is 0 Å². The van der Waals surface area contributed by atoms with Crippen molar-refractivity contribution in [2.75, 3.05) is 18.5 Å². The first-order chi connectivity index (χ1) is 14.5. The summed E-state index contributed by atoms with van der Waals surface area (Å²) in [5.74, 6) is -0.628. The monoisotopic (exact) mass is 416 g/mol. The molecule has 0 aliphatic carbocycles. The Morgan fingerprint density at radius 3 is 2.70 bits per heavy atom. The first-order valence-electron chi connectivity index (χ1n) is 9.83. The minimum atomic E-state index is -0.516. The average molecular weight is 416 g/mol. The molecule has 2 heterocycles. The van der Waals surface area contributed by atoms with Gasteiger partial charge in [0.1, 0.15) is 11.9 Å². The number of hydrogen-bond acceptors (Lipinski definition) is 5. The SMILES string of the molecule is O=C(NCC[C@@H]1CC[C@H](NC(=O)c2cccnc2)[C@@H](CO)O1)Nc1ccc(F)cc1. The van der Waals surface area contributed by atoms with E-state index in [9.17, 15) is 19.1 Å². The van der Waals surface area contributed by atoms with E-state index >= 15 is 0 Å². The molecule has 3 atom stereocenters. The van der Waals surface area contributed by atoms with Crippen molar-refractivity contribution in [3.63, 3.8) is 0 Å². The van der Waals surface area contributed by atoms with Crippen LogP contribution in [-0.4, -0.2) is 53.4 Å². The number of nitrogens with one attached hydrogen (secondary N) is 3. The van der Waals surface area contributed by atoms with Crippen molar-refractivity contribution in [1.29, 1.82) is 0 Å². The van der Waals surface area contributed by atoms with Crippen LogP contribution in [0.5, 0.6) is 0 Å². The van der Waals surface area contributed by atoms with Crippen LogP contribution in [0.15, 0.2) is 48.8 Å². The third-order valence-electron chi connectivity index (χ3n) is 4.89. The summed E-state index contributed by atoms with van der Waals surface area (Å²) in [5.41, 5.74) is 0.947. The van der Waals surface area contributed by atoms with E-state index in [0.29, 0.717) is 37.1 Å². The molecule has 0 spiro atoms. The minimum Gasteiger partial charge on any atom is -0.394 e. The molecule has 2 aromatic rings. The van der Waals surface area contributed by atoms with Gasteiger partial charge in [-0.2, -0.15) is 0 Å². The van der Waals surface area contributed by atoms with Gasteiger partial charge >= 0.3 is 6.03 Å². The lowest BCUT2D eigenvalue weighted by Crippen LogP contribution is -2.51. The molecule has 0 radical (unpaired) electrons. The number of aromatic nitrogens is 1. The second-order valence-electron chi connectivity index (χ2n) is 7.05. The van der Waals surface area contributed by atoms with Crippen molar-refractivity contribution in [2.24, 2.45) is 0 Å². The Morgan fingerprint density at radius 1 is 1.20 bits per heavy atom. The summed E-state index contributed by atoms with van der Waals surface area (Å²) in [6.07, 6.45) is 4.33. The maximum absolute atomic E-state index is 12.9. The topological polar surface area (TPSA) is 113 Å². The molecule has 0 bridgehead atoms. The molecule has 1 aromatic heterocycles. The third kappa shape index (κ3) is 6.23. The summed E-state index contributed by atoms with van der Waals surface area (Å²) in [6.45, 7) is 0.162. The molecule has 9 heteroatoms. The number of anilines is 1. The molecule has 1 aliphatic rings. The number of benzene rings is 1. The van der Waals surface area contributed by atoms with Gasteiger partial charge in [0.05, 0.1) is 24.3 Å². The summed E-state index contributed by atoms with van der Waals surface area (Å²) in [7, 11) is 0. The van der Waals surface area contributed by atoms with E-state index in [1.807, 2.05) is 0 Å². The Hall–Kier alpha value is -3.04. The number of aliphatic hydroxyl groups is 1. The number of carbonyl (C=O) groups excluding carboxylic acids is 2. The number of nitrogens with zero attached hydrogens (tertiary/aromatic N) is 1. The third-order valence-corrected chi connectivity index (χ3v) is 4.89. The van der Waals surface area contributed by atoms with Gasteiger partial charge in [-0.05, 0) is 55.7 Å². The van der Waals surface area contributed by atoms with Crippen LogP contribution in [0.1, 0.15) is 29.6 Å². The molecule has 1 saturated heterocycles. The summed E-state index contributed by atoms with van der Waals surface area (Å²) in [4.78, 5) is 28.2. The van der Waals surface area contributed by atoms with Gasteiger partial charge in [-0.25, -0.2) is 9.18 Å². The van der Waals surface area contributed by atoms with Crippen molar-refractivity contribution in [2.45, 2.75) is 37.5 Å². The predicted octanol–water partition coefficient (Wildman–Crippen LogP) is 2.07. The number of rotatable bonds is 7. The van der Waals surface area contributed by atoms with Crippen LogP contribution in [0.25, 0.3) is 0 Å². The van der Waals surface area contributed by atoms with Gasteiger partial charge in [0.2, 0.25) is 0 Å². The number of hydrogen-bond donors (Lipinski definition) is 4. The van der Waals surface area contributed by atoms with Crippen LogP contribution in [0, 0.1) is 5.82 Å². The van der Waals surface area contributed by atoms with Crippen LogP contribution in [-0.2, 0) is 4.74 Å². The maximum Gasteiger partial charge on any atom is 0.319 e. The Morgan fingerprint density at radius 2 is 2.00 bits per heavy atom. The zero-order chi connectivity index (χ0) is 21.3. The zero-order valence-electron chi connectivity index (χ0n) is 16.4. The van der Waals surface area contributed by atoms with Gasteiger partial charge in [-0.3, -0.25) is 9.78 Å². The average Bonchev–Trinajstić information content (AvgIpc) is 2.77. The summed E-state index contributed by atoms with van der Waals surface area (Å²) >= 11 is 0. The second kappa shape index (κ2) is 10.7.